The quantitative estimate of drug-likeness (QED) is 0.384. The van der Waals surface area contributed by atoms with Crippen molar-refractivity contribution in [1.29, 1.82) is 0 Å². The van der Waals surface area contributed by atoms with E-state index in [-0.39, 0.29) is 5.91 Å². The van der Waals surface area contributed by atoms with Crippen LogP contribution in [0.3, 0.4) is 0 Å². The van der Waals surface area contributed by atoms with Gasteiger partial charge in [0.1, 0.15) is 22.1 Å². The molecule has 2 aromatic heterocycles. The second-order valence-electron chi connectivity index (χ2n) is 7.28. The van der Waals surface area contributed by atoms with Crippen LogP contribution in [0.25, 0.3) is 27.7 Å². The van der Waals surface area contributed by atoms with Crippen molar-refractivity contribution in [1.82, 2.24) is 10.2 Å². The first-order valence-corrected chi connectivity index (χ1v) is 10.8. The summed E-state index contributed by atoms with van der Waals surface area (Å²) in [7, 11) is 3.25. The number of carbonyl (C=O) groups is 1. The highest BCUT2D eigenvalue weighted by molar-refractivity contribution is 7.15. The highest BCUT2D eigenvalue weighted by Gasteiger charge is 2.19. The van der Waals surface area contributed by atoms with Gasteiger partial charge in [0.25, 0.3) is 0 Å². The number of nitrogens with zero attached hydrogens (tertiary/aromatic N) is 2. The maximum Gasteiger partial charge on any atom is 0.250 e. The lowest BCUT2D eigenvalue weighted by Gasteiger charge is -2.13. The Morgan fingerprint density at radius 3 is 2.66 bits per heavy atom. The van der Waals surface area contributed by atoms with E-state index in [0.29, 0.717) is 10.9 Å². The fraction of sp³-hybridized carbons (Fsp3) is 0.208. The number of nitrogens with one attached hydrogen (secondary N) is 1. The first kappa shape index (κ1) is 21.6. The second kappa shape index (κ2) is 8.84. The first-order valence-electron chi connectivity index (χ1n) is 9.94. The van der Waals surface area contributed by atoms with Gasteiger partial charge in [-0.15, -0.1) is 10.2 Å². The number of ether oxygens (including phenoxy) is 2. The first-order chi connectivity index (χ1) is 15.4. The van der Waals surface area contributed by atoms with Gasteiger partial charge in [0.05, 0.1) is 20.5 Å². The molecule has 0 saturated heterocycles. The molecule has 164 valence electrons. The maximum atomic E-state index is 12.5. The summed E-state index contributed by atoms with van der Waals surface area (Å²) in [6.07, 6.45) is 3.27. The van der Waals surface area contributed by atoms with Gasteiger partial charge < -0.3 is 13.9 Å². The van der Waals surface area contributed by atoms with E-state index in [1.807, 2.05) is 51.1 Å². The summed E-state index contributed by atoms with van der Waals surface area (Å²) >= 11 is 1.32. The van der Waals surface area contributed by atoms with Gasteiger partial charge in [0.2, 0.25) is 11.0 Å². The van der Waals surface area contributed by atoms with Gasteiger partial charge >= 0.3 is 0 Å². The summed E-state index contributed by atoms with van der Waals surface area (Å²) in [6.45, 7) is 5.66. The number of benzene rings is 2. The van der Waals surface area contributed by atoms with Crippen molar-refractivity contribution in [3.63, 3.8) is 0 Å². The molecule has 2 aromatic carbocycles. The molecule has 0 fully saturated rings. The Bertz CT molecular complexity index is 1340. The summed E-state index contributed by atoms with van der Waals surface area (Å²) in [6, 6.07) is 9.80. The molecule has 0 spiro atoms. The lowest BCUT2D eigenvalue weighted by Crippen LogP contribution is -2.08. The molecule has 0 unspecified atom stereocenters. The van der Waals surface area contributed by atoms with Crippen LogP contribution in [0, 0.1) is 13.8 Å². The molecule has 0 atom stereocenters. The normalized spacial score (nSPS) is 11.6. The number of allylic oxidation sites excluding steroid dienone is 1. The SMILES string of the molecule is COc1cccc(-c2coc3c(C)c(OC)c(/C(C)=C/C(=O)Nc4nnc(C)s4)cc23)c1. The van der Waals surface area contributed by atoms with Crippen molar-refractivity contribution in [3.05, 3.63) is 58.8 Å². The zero-order valence-corrected chi connectivity index (χ0v) is 19.3. The van der Waals surface area contributed by atoms with E-state index in [1.165, 1.54) is 17.4 Å². The standard InChI is InChI=1S/C24H23N3O4S/c1-13(9-21(28)25-24-27-26-15(3)32-24)18-11-19-20(16-7-6-8-17(10-16)29-4)12-31-23(19)14(2)22(18)30-5/h6-12H,1-5H3,(H,25,27,28)/b13-9+. The van der Waals surface area contributed by atoms with E-state index in [0.717, 1.165) is 49.6 Å². The lowest BCUT2D eigenvalue weighted by molar-refractivity contribution is -0.111. The molecule has 2 heterocycles. The molecule has 4 rings (SSSR count). The monoisotopic (exact) mass is 449 g/mol. The van der Waals surface area contributed by atoms with Crippen LogP contribution in [0.15, 0.2) is 47.1 Å². The molecule has 7 nitrogen and oxygen atoms in total. The van der Waals surface area contributed by atoms with Crippen LogP contribution in [0.2, 0.25) is 0 Å². The van der Waals surface area contributed by atoms with E-state index in [4.69, 9.17) is 13.9 Å². The molecule has 0 bridgehead atoms. The Hall–Kier alpha value is -3.65. The topological polar surface area (TPSA) is 86.5 Å². The summed E-state index contributed by atoms with van der Waals surface area (Å²) < 4.78 is 17.0. The van der Waals surface area contributed by atoms with Crippen molar-refractivity contribution >= 4 is 38.9 Å². The van der Waals surface area contributed by atoms with Gasteiger partial charge in [-0.2, -0.15) is 0 Å². The average Bonchev–Trinajstić information content (AvgIpc) is 3.39. The van der Waals surface area contributed by atoms with Crippen LogP contribution in [0.5, 0.6) is 11.5 Å². The average molecular weight is 450 g/mol. The van der Waals surface area contributed by atoms with Crippen molar-refractivity contribution in [3.8, 4) is 22.6 Å². The zero-order chi connectivity index (χ0) is 22.8. The fourth-order valence-corrected chi connectivity index (χ4v) is 4.24. The number of furan rings is 1. The van der Waals surface area contributed by atoms with Gasteiger partial charge in [-0.25, -0.2) is 0 Å². The van der Waals surface area contributed by atoms with Crippen LogP contribution in [-0.4, -0.2) is 30.3 Å². The predicted octanol–water partition coefficient (Wildman–Crippen LogP) is 5.63. The summed E-state index contributed by atoms with van der Waals surface area (Å²) in [5.74, 6) is 1.15. The summed E-state index contributed by atoms with van der Waals surface area (Å²) in [5.41, 5.74) is 5.08. The minimum atomic E-state index is -0.279. The third-order valence-corrected chi connectivity index (χ3v) is 5.91. The molecule has 0 radical (unpaired) electrons. The van der Waals surface area contributed by atoms with E-state index in [1.54, 1.807) is 20.5 Å². The molecule has 0 aliphatic carbocycles. The molecule has 0 aliphatic rings. The number of aryl methyl sites for hydroxylation is 2. The van der Waals surface area contributed by atoms with Gasteiger partial charge in [-0.3, -0.25) is 10.1 Å². The Morgan fingerprint density at radius 2 is 1.97 bits per heavy atom. The summed E-state index contributed by atoms with van der Waals surface area (Å²) in [5, 5.41) is 12.8. The second-order valence-corrected chi connectivity index (χ2v) is 8.46. The van der Waals surface area contributed by atoms with Crippen molar-refractivity contribution in [2.24, 2.45) is 0 Å². The number of hydrogen-bond donors (Lipinski definition) is 1. The van der Waals surface area contributed by atoms with E-state index in [2.05, 4.69) is 15.5 Å². The van der Waals surface area contributed by atoms with E-state index >= 15 is 0 Å². The third-order valence-electron chi connectivity index (χ3n) is 5.16. The molecule has 32 heavy (non-hydrogen) atoms. The van der Waals surface area contributed by atoms with Crippen LogP contribution >= 0.6 is 11.3 Å². The van der Waals surface area contributed by atoms with Gasteiger partial charge in [-0.05, 0) is 50.1 Å². The molecular formula is C24H23N3O4S. The number of methoxy groups -OCH3 is 2. The minimum absolute atomic E-state index is 0.279. The Kier molecular flexibility index (Phi) is 5.96. The number of amides is 1. The highest BCUT2D eigenvalue weighted by Crippen LogP contribution is 2.41. The molecule has 0 saturated carbocycles. The molecule has 4 aromatic rings. The van der Waals surface area contributed by atoms with Gasteiger partial charge in [0.15, 0.2) is 0 Å². The Balaban J connectivity index is 1.78. The lowest BCUT2D eigenvalue weighted by atomic mass is 9.96. The van der Waals surface area contributed by atoms with Crippen LogP contribution in [0.4, 0.5) is 5.13 Å². The van der Waals surface area contributed by atoms with Crippen molar-refractivity contribution in [2.45, 2.75) is 20.8 Å². The van der Waals surface area contributed by atoms with E-state index < -0.39 is 0 Å². The largest absolute Gasteiger partial charge is 0.497 e. The van der Waals surface area contributed by atoms with E-state index in [9.17, 15) is 4.79 Å². The smallest absolute Gasteiger partial charge is 0.250 e. The number of rotatable bonds is 6. The van der Waals surface area contributed by atoms with Crippen molar-refractivity contribution in [2.75, 3.05) is 19.5 Å². The predicted molar refractivity (Wildman–Crippen MR) is 126 cm³/mol. The number of carbonyl (C=O) groups excluding carboxylic acids is 1. The zero-order valence-electron chi connectivity index (χ0n) is 18.5. The van der Waals surface area contributed by atoms with Gasteiger partial charge in [0, 0.05) is 28.2 Å². The number of hydrogen-bond acceptors (Lipinski definition) is 7. The molecule has 1 N–H and O–H groups in total. The fourth-order valence-electron chi connectivity index (χ4n) is 3.65. The third kappa shape index (κ3) is 4.09. The van der Waals surface area contributed by atoms with Crippen molar-refractivity contribution < 1.29 is 18.7 Å². The summed E-state index contributed by atoms with van der Waals surface area (Å²) in [4.78, 5) is 12.5. The molecule has 8 heteroatoms. The number of fused-ring (bicyclic) bond motifs is 1. The molecule has 1 amide bonds. The van der Waals surface area contributed by atoms with Crippen LogP contribution in [0.1, 0.15) is 23.1 Å². The molecular weight excluding hydrogens is 426 g/mol. The minimum Gasteiger partial charge on any atom is -0.497 e. The van der Waals surface area contributed by atoms with Gasteiger partial charge in [-0.1, -0.05) is 23.5 Å². The number of anilines is 1. The molecule has 0 aliphatic heterocycles. The number of aromatic nitrogens is 2. The Morgan fingerprint density at radius 1 is 1.16 bits per heavy atom. The highest BCUT2D eigenvalue weighted by atomic mass is 32.1. The maximum absolute atomic E-state index is 12.5. The van der Waals surface area contributed by atoms with Crippen LogP contribution in [-0.2, 0) is 4.79 Å². The Labute approximate surface area is 189 Å². The van der Waals surface area contributed by atoms with Crippen LogP contribution < -0.4 is 14.8 Å².